The van der Waals surface area contributed by atoms with E-state index in [0.717, 1.165) is 16.9 Å². The van der Waals surface area contributed by atoms with Crippen LogP contribution >= 0.6 is 20.4 Å². The highest BCUT2D eigenvalue weighted by Gasteiger charge is 2.16. The van der Waals surface area contributed by atoms with E-state index in [2.05, 4.69) is 0 Å². The van der Waals surface area contributed by atoms with Crippen LogP contribution in [0.1, 0.15) is 17.2 Å². The summed E-state index contributed by atoms with van der Waals surface area (Å²) in [6.45, 7) is 0. The third kappa shape index (κ3) is 3.78. The summed E-state index contributed by atoms with van der Waals surface area (Å²) >= 11 is 0. The Morgan fingerprint density at radius 2 is 1.50 bits per heavy atom. The topological polar surface area (TPSA) is 72.5 Å². The average molecular weight is 313 g/mol. The first-order valence-corrected chi connectivity index (χ1v) is 6.98. The zero-order valence-corrected chi connectivity index (χ0v) is 12.6. The van der Waals surface area contributed by atoms with Gasteiger partial charge in [-0.2, -0.15) is 4.89 Å². The second kappa shape index (κ2) is 7.36. The Balaban J connectivity index is 0.00000200. The molecule has 0 saturated carbocycles. The summed E-state index contributed by atoms with van der Waals surface area (Å²) in [6, 6.07) is 14.0. The zero-order valence-electron chi connectivity index (χ0n) is 10.9. The minimum Gasteiger partial charge on any atom is -0.497 e. The molecule has 2 aromatic carbocycles. The Morgan fingerprint density at radius 3 is 1.90 bits per heavy atom. The Labute approximate surface area is 124 Å². The van der Waals surface area contributed by atoms with Gasteiger partial charge < -0.3 is 10.5 Å². The molecule has 0 heterocycles. The van der Waals surface area contributed by atoms with Gasteiger partial charge in [0.1, 0.15) is 5.75 Å². The van der Waals surface area contributed by atoms with Crippen molar-refractivity contribution in [1.82, 2.24) is 0 Å². The maximum Gasteiger partial charge on any atom is 0.546 e. The summed E-state index contributed by atoms with van der Waals surface area (Å²) in [5, 5.41) is 0.403. The quantitative estimate of drug-likeness (QED) is 0.851. The molecule has 2 rings (SSSR count). The molecule has 0 aliphatic heterocycles. The molecule has 0 saturated heterocycles. The fourth-order valence-corrected chi connectivity index (χ4v) is 2.22. The van der Waals surface area contributed by atoms with Crippen LogP contribution in [0.5, 0.6) is 5.75 Å². The number of methoxy groups -OCH3 is 1. The fraction of sp³-hybridized carbons (Fsp3) is 0.143. The van der Waals surface area contributed by atoms with Crippen molar-refractivity contribution in [2.45, 2.75) is 6.04 Å². The van der Waals surface area contributed by atoms with Crippen LogP contribution in [0.15, 0.2) is 48.5 Å². The molecule has 0 aliphatic rings. The molecule has 6 heteroatoms. The number of rotatable bonds is 4. The van der Waals surface area contributed by atoms with Crippen molar-refractivity contribution < 1.29 is 14.2 Å². The molecule has 0 spiro atoms. The van der Waals surface area contributed by atoms with E-state index in [1.54, 1.807) is 31.4 Å². The van der Waals surface area contributed by atoms with E-state index in [4.69, 9.17) is 15.4 Å². The van der Waals surface area contributed by atoms with E-state index < -0.39 is 8.03 Å². The Bertz CT molecular complexity index is 572. The van der Waals surface area contributed by atoms with E-state index in [1.165, 1.54) is 0 Å². The normalized spacial score (nSPS) is 12.2. The highest BCUT2D eigenvalue weighted by atomic mass is 35.5. The summed E-state index contributed by atoms with van der Waals surface area (Å²) in [5.41, 5.74) is 8.01. The van der Waals surface area contributed by atoms with Crippen LogP contribution in [0.3, 0.4) is 0 Å². The van der Waals surface area contributed by atoms with Crippen molar-refractivity contribution in [2.75, 3.05) is 7.11 Å². The number of halogens is 1. The highest BCUT2D eigenvalue weighted by molar-refractivity contribution is 7.47. The first-order chi connectivity index (χ1) is 9.11. The largest absolute Gasteiger partial charge is 0.546 e. The zero-order chi connectivity index (χ0) is 13.8. The van der Waals surface area contributed by atoms with Gasteiger partial charge in [0.15, 0.2) is 0 Å². The lowest BCUT2D eigenvalue weighted by Gasteiger charge is -2.12. The molecule has 0 bridgehead atoms. The minimum atomic E-state index is -2.30. The third-order valence-corrected chi connectivity index (χ3v) is 3.69. The maximum atomic E-state index is 10.9. The molecule has 0 amide bonds. The van der Waals surface area contributed by atoms with Crippen LogP contribution in [0.2, 0.25) is 0 Å². The number of hydrogen-bond donors (Lipinski definition) is 2. The van der Waals surface area contributed by atoms with Gasteiger partial charge in [-0.25, -0.2) is 0 Å². The average Bonchev–Trinajstić information content (AvgIpc) is 2.46. The molecule has 0 radical (unpaired) electrons. The van der Waals surface area contributed by atoms with Crippen molar-refractivity contribution >= 4 is 25.7 Å². The van der Waals surface area contributed by atoms with Crippen LogP contribution in [0.4, 0.5) is 0 Å². The summed E-state index contributed by atoms with van der Waals surface area (Å²) in [7, 11) is -0.681. The lowest BCUT2D eigenvalue weighted by Crippen LogP contribution is -2.12. The van der Waals surface area contributed by atoms with Crippen molar-refractivity contribution in [3.8, 4) is 5.75 Å². The van der Waals surface area contributed by atoms with Gasteiger partial charge in [-0.15, -0.1) is 12.4 Å². The molecular weight excluding hydrogens is 297 g/mol. The second-order valence-electron chi connectivity index (χ2n) is 4.12. The third-order valence-electron chi connectivity index (χ3n) is 2.95. The van der Waals surface area contributed by atoms with E-state index in [0.29, 0.717) is 5.30 Å². The highest BCUT2D eigenvalue weighted by Crippen LogP contribution is 2.22. The monoisotopic (exact) mass is 312 g/mol. The van der Waals surface area contributed by atoms with Gasteiger partial charge in [-0.05, 0) is 40.0 Å². The predicted molar refractivity (Wildman–Crippen MR) is 82.2 cm³/mol. The van der Waals surface area contributed by atoms with Gasteiger partial charge in [-0.3, -0.25) is 0 Å². The van der Waals surface area contributed by atoms with Gasteiger partial charge in [0.2, 0.25) is 5.30 Å². The van der Waals surface area contributed by atoms with Gasteiger partial charge in [0.25, 0.3) is 0 Å². The molecule has 0 aromatic heterocycles. The second-order valence-corrected chi connectivity index (χ2v) is 5.18. The first-order valence-electron chi connectivity index (χ1n) is 5.77. The Kier molecular flexibility index (Phi) is 6.11. The minimum absolute atomic E-state index is 0. The van der Waals surface area contributed by atoms with Crippen LogP contribution in [-0.2, 0) is 4.57 Å². The van der Waals surface area contributed by atoms with E-state index in [9.17, 15) is 4.57 Å². The van der Waals surface area contributed by atoms with Crippen LogP contribution in [-0.4, -0.2) is 12.0 Å². The molecule has 0 fully saturated rings. The standard InChI is InChI=1S/C14H14NO3P.ClH/c1-18-12-6-2-10(3-7-12)14(15)11-4-8-13(9-5-11)19(16)17;/h2-9,14H,15H2,1H3;1H/p+1. The molecule has 20 heavy (non-hydrogen) atoms. The molecular formula is C14H16ClNO3P+. The summed E-state index contributed by atoms with van der Waals surface area (Å²) in [6.07, 6.45) is 0. The number of benzene rings is 2. The van der Waals surface area contributed by atoms with Crippen molar-refractivity contribution in [3.63, 3.8) is 0 Å². The smallest absolute Gasteiger partial charge is 0.497 e. The Morgan fingerprint density at radius 1 is 1.05 bits per heavy atom. The van der Waals surface area contributed by atoms with Crippen molar-refractivity contribution in [2.24, 2.45) is 5.73 Å². The lowest BCUT2D eigenvalue weighted by molar-refractivity contribution is 0.414. The molecule has 2 aromatic rings. The van der Waals surface area contributed by atoms with Crippen LogP contribution in [0, 0.1) is 0 Å². The van der Waals surface area contributed by atoms with Crippen LogP contribution < -0.4 is 15.8 Å². The number of hydrogen-bond acceptors (Lipinski definition) is 3. The van der Waals surface area contributed by atoms with E-state index >= 15 is 0 Å². The SMILES string of the molecule is COc1ccc(C(N)c2ccc([P+](=O)O)cc2)cc1.Cl. The van der Waals surface area contributed by atoms with Crippen LogP contribution in [0.25, 0.3) is 0 Å². The molecule has 3 N–H and O–H groups in total. The number of nitrogens with two attached hydrogens (primary N) is 1. The number of ether oxygens (including phenoxy) is 1. The summed E-state index contributed by atoms with van der Waals surface area (Å²) < 4.78 is 16.0. The molecule has 4 nitrogen and oxygen atoms in total. The predicted octanol–water partition coefficient (Wildman–Crippen LogP) is 2.53. The summed E-state index contributed by atoms with van der Waals surface area (Å²) in [5.74, 6) is 0.781. The van der Waals surface area contributed by atoms with Crippen molar-refractivity contribution in [1.29, 1.82) is 0 Å². The fourth-order valence-electron chi connectivity index (χ4n) is 1.81. The Hall–Kier alpha value is -1.45. The molecule has 2 atom stereocenters. The van der Waals surface area contributed by atoms with Gasteiger partial charge >= 0.3 is 8.03 Å². The van der Waals surface area contributed by atoms with Crippen molar-refractivity contribution in [3.05, 3.63) is 59.7 Å². The van der Waals surface area contributed by atoms with E-state index in [1.807, 2.05) is 24.3 Å². The van der Waals surface area contributed by atoms with E-state index in [-0.39, 0.29) is 18.4 Å². The lowest BCUT2D eigenvalue weighted by atomic mass is 10.00. The summed E-state index contributed by atoms with van der Waals surface area (Å²) in [4.78, 5) is 8.99. The molecule has 2 unspecified atom stereocenters. The van der Waals surface area contributed by atoms with Gasteiger partial charge in [0, 0.05) is 0 Å². The first kappa shape index (κ1) is 16.6. The molecule has 0 aliphatic carbocycles. The van der Waals surface area contributed by atoms with Gasteiger partial charge in [0.05, 0.1) is 13.2 Å². The molecule has 106 valence electrons. The maximum absolute atomic E-state index is 10.9. The van der Waals surface area contributed by atoms with Gasteiger partial charge in [-0.1, -0.05) is 24.3 Å².